The van der Waals surface area contributed by atoms with Crippen LogP contribution in [-0.2, 0) is 4.79 Å². The van der Waals surface area contributed by atoms with Crippen LogP contribution in [0.5, 0.6) is 0 Å². The van der Waals surface area contributed by atoms with Gasteiger partial charge in [0, 0.05) is 52.2 Å². The molecular formula is C11H24N4O. The first kappa shape index (κ1) is 13.4. The maximum atomic E-state index is 10.6. The second-order valence-electron chi connectivity index (χ2n) is 4.66. The number of rotatable bonds is 6. The third-order valence-corrected chi connectivity index (χ3v) is 3.13. The summed E-state index contributed by atoms with van der Waals surface area (Å²) < 4.78 is 0. The highest BCUT2D eigenvalue weighted by atomic mass is 16.1. The number of primary amides is 1. The molecule has 1 amide bonds. The van der Waals surface area contributed by atoms with Crippen LogP contribution in [0, 0.1) is 0 Å². The first-order valence-electron chi connectivity index (χ1n) is 5.95. The van der Waals surface area contributed by atoms with Gasteiger partial charge in [-0.25, -0.2) is 0 Å². The minimum absolute atomic E-state index is 0.216. The van der Waals surface area contributed by atoms with E-state index in [-0.39, 0.29) is 5.91 Å². The zero-order valence-corrected chi connectivity index (χ0v) is 10.5. The van der Waals surface area contributed by atoms with Crippen molar-refractivity contribution in [3.05, 3.63) is 0 Å². The number of piperazine rings is 1. The van der Waals surface area contributed by atoms with E-state index in [2.05, 4.69) is 21.7 Å². The van der Waals surface area contributed by atoms with Crippen LogP contribution in [0.15, 0.2) is 0 Å². The van der Waals surface area contributed by atoms with E-state index in [9.17, 15) is 4.79 Å². The summed E-state index contributed by atoms with van der Waals surface area (Å²) in [6, 6.07) is 0. The van der Waals surface area contributed by atoms with Gasteiger partial charge in [-0.1, -0.05) is 0 Å². The molecule has 5 nitrogen and oxygen atoms in total. The molecule has 1 aliphatic heterocycles. The molecule has 1 aliphatic rings. The third-order valence-electron chi connectivity index (χ3n) is 3.13. The normalized spacial score (nSPS) is 19.2. The molecule has 0 aromatic carbocycles. The van der Waals surface area contributed by atoms with Crippen LogP contribution in [-0.4, -0.2) is 80.5 Å². The molecule has 0 aromatic heterocycles. The first-order chi connectivity index (χ1) is 7.58. The summed E-state index contributed by atoms with van der Waals surface area (Å²) in [6.45, 7) is 7.49. The summed E-state index contributed by atoms with van der Waals surface area (Å²) in [5.41, 5.74) is 5.11. The summed E-state index contributed by atoms with van der Waals surface area (Å²) in [6.07, 6.45) is 0.458. The van der Waals surface area contributed by atoms with Crippen LogP contribution in [0.3, 0.4) is 0 Å². The summed E-state index contributed by atoms with van der Waals surface area (Å²) in [5, 5.41) is 0. The van der Waals surface area contributed by atoms with Crippen LogP contribution in [0.1, 0.15) is 6.42 Å². The van der Waals surface area contributed by atoms with Crippen molar-refractivity contribution in [3.8, 4) is 0 Å². The molecule has 94 valence electrons. The summed E-state index contributed by atoms with van der Waals surface area (Å²) >= 11 is 0. The van der Waals surface area contributed by atoms with Gasteiger partial charge < -0.3 is 15.5 Å². The van der Waals surface area contributed by atoms with E-state index < -0.39 is 0 Å². The minimum Gasteiger partial charge on any atom is -0.370 e. The second-order valence-corrected chi connectivity index (χ2v) is 4.66. The van der Waals surface area contributed by atoms with Gasteiger partial charge in [0.2, 0.25) is 5.91 Å². The summed E-state index contributed by atoms with van der Waals surface area (Å²) in [7, 11) is 4.20. The second kappa shape index (κ2) is 6.83. The van der Waals surface area contributed by atoms with Gasteiger partial charge >= 0.3 is 0 Å². The highest BCUT2D eigenvalue weighted by molar-refractivity contribution is 5.73. The van der Waals surface area contributed by atoms with Gasteiger partial charge in [0.1, 0.15) is 0 Å². The fraction of sp³-hybridized carbons (Fsp3) is 0.909. The number of amides is 1. The molecule has 0 aliphatic carbocycles. The number of hydrogen-bond acceptors (Lipinski definition) is 4. The molecular weight excluding hydrogens is 204 g/mol. The Morgan fingerprint density at radius 1 is 1.25 bits per heavy atom. The summed E-state index contributed by atoms with van der Waals surface area (Å²) in [5.74, 6) is -0.216. The van der Waals surface area contributed by atoms with Crippen molar-refractivity contribution >= 4 is 5.91 Å². The lowest BCUT2D eigenvalue weighted by molar-refractivity contribution is -0.118. The zero-order chi connectivity index (χ0) is 12.0. The van der Waals surface area contributed by atoms with E-state index in [1.165, 1.54) is 0 Å². The number of likely N-dealkylation sites (N-methyl/N-ethyl adjacent to an activating group) is 2. The van der Waals surface area contributed by atoms with Gasteiger partial charge in [-0.2, -0.15) is 0 Å². The molecule has 1 heterocycles. The lowest BCUT2D eigenvalue weighted by Crippen LogP contribution is -2.46. The van der Waals surface area contributed by atoms with Crippen molar-refractivity contribution in [2.75, 3.05) is 59.9 Å². The molecule has 5 heteroatoms. The Kier molecular flexibility index (Phi) is 5.73. The Morgan fingerprint density at radius 2 is 1.88 bits per heavy atom. The summed E-state index contributed by atoms with van der Waals surface area (Å²) in [4.78, 5) is 17.6. The van der Waals surface area contributed by atoms with Crippen molar-refractivity contribution < 1.29 is 4.79 Å². The van der Waals surface area contributed by atoms with E-state index in [1.807, 2.05) is 7.05 Å². The highest BCUT2D eigenvalue weighted by Crippen LogP contribution is 1.99. The van der Waals surface area contributed by atoms with Crippen LogP contribution in [0.2, 0.25) is 0 Å². The minimum atomic E-state index is -0.216. The standard InChI is InChI=1S/C11H24N4O/c1-13(4-3-11(12)16)5-8-15-9-6-14(2)7-10-15/h3-10H2,1-2H3,(H2,12,16). The van der Waals surface area contributed by atoms with Gasteiger partial charge in [-0.3, -0.25) is 9.69 Å². The monoisotopic (exact) mass is 228 g/mol. The molecule has 0 unspecified atom stereocenters. The first-order valence-corrected chi connectivity index (χ1v) is 5.95. The van der Waals surface area contributed by atoms with Crippen LogP contribution >= 0.6 is 0 Å². The van der Waals surface area contributed by atoms with E-state index in [0.29, 0.717) is 6.42 Å². The molecule has 0 spiro atoms. The lowest BCUT2D eigenvalue weighted by atomic mass is 10.3. The van der Waals surface area contributed by atoms with Crippen molar-refractivity contribution in [1.29, 1.82) is 0 Å². The molecule has 2 N–H and O–H groups in total. The number of carbonyl (C=O) groups is 1. The number of hydrogen-bond donors (Lipinski definition) is 1. The fourth-order valence-corrected chi connectivity index (χ4v) is 1.80. The molecule has 0 radical (unpaired) electrons. The maximum Gasteiger partial charge on any atom is 0.218 e. The average molecular weight is 228 g/mol. The number of nitrogens with zero attached hydrogens (tertiary/aromatic N) is 3. The molecule has 0 bridgehead atoms. The van der Waals surface area contributed by atoms with Gasteiger partial charge in [0.05, 0.1) is 0 Å². The molecule has 0 atom stereocenters. The van der Waals surface area contributed by atoms with E-state index in [4.69, 9.17) is 5.73 Å². The molecule has 1 rings (SSSR count). The Hall–Kier alpha value is -0.650. The van der Waals surface area contributed by atoms with Crippen molar-refractivity contribution in [1.82, 2.24) is 14.7 Å². The van der Waals surface area contributed by atoms with Crippen LogP contribution in [0.4, 0.5) is 0 Å². The number of nitrogens with two attached hydrogens (primary N) is 1. The molecule has 1 saturated heterocycles. The Bertz CT molecular complexity index is 214. The van der Waals surface area contributed by atoms with E-state index >= 15 is 0 Å². The van der Waals surface area contributed by atoms with Crippen molar-refractivity contribution in [2.24, 2.45) is 5.73 Å². The van der Waals surface area contributed by atoms with Crippen molar-refractivity contribution in [2.45, 2.75) is 6.42 Å². The Balaban J connectivity index is 2.07. The van der Waals surface area contributed by atoms with Crippen LogP contribution in [0.25, 0.3) is 0 Å². The molecule has 0 aromatic rings. The zero-order valence-electron chi connectivity index (χ0n) is 10.5. The Labute approximate surface area is 98.2 Å². The molecule has 16 heavy (non-hydrogen) atoms. The van der Waals surface area contributed by atoms with E-state index in [0.717, 1.165) is 45.8 Å². The number of carbonyl (C=O) groups excluding carboxylic acids is 1. The predicted molar refractivity (Wildman–Crippen MR) is 65.2 cm³/mol. The third kappa shape index (κ3) is 5.44. The van der Waals surface area contributed by atoms with Gasteiger partial charge in [0.25, 0.3) is 0 Å². The van der Waals surface area contributed by atoms with Crippen molar-refractivity contribution in [3.63, 3.8) is 0 Å². The SMILES string of the molecule is CN(CCC(N)=O)CCN1CCN(C)CC1. The maximum absolute atomic E-state index is 10.6. The fourth-order valence-electron chi connectivity index (χ4n) is 1.80. The van der Waals surface area contributed by atoms with Crippen LogP contribution < -0.4 is 5.73 Å². The highest BCUT2D eigenvalue weighted by Gasteiger charge is 2.13. The topological polar surface area (TPSA) is 52.8 Å². The Morgan fingerprint density at radius 3 is 2.44 bits per heavy atom. The van der Waals surface area contributed by atoms with Gasteiger partial charge in [-0.05, 0) is 14.1 Å². The van der Waals surface area contributed by atoms with Gasteiger partial charge in [-0.15, -0.1) is 0 Å². The molecule has 1 fully saturated rings. The quantitative estimate of drug-likeness (QED) is 0.636. The predicted octanol–water partition coefficient (Wildman–Crippen LogP) is -0.959. The molecule has 0 saturated carbocycles. The smallest absolute Gasteiger partial charge is 0.218 e. The average Bonchev–Trinajstić information content (AvgIpc) is 2.25. The largest absolute Gasteiger partial charge is 0.370 e. The van der Waals surface area contributed by atoms with Gasteiger partial charge in [0.15, 0.2) is 0 Å². The van der Waals surface area contributed by atoms with E-state index in [1.54, 1.807) is 0 Å². The lowest BCUT2D eigenvalue weighted by Gasteiger charge is -2.33.